The molecular formula is C14H17ClN4. The standard InChI is InChI=1S/C14H17ClN4/c1-2-3-12-11(13(16)19-14(17)18-12)8-9-4-6-10(15)7-5-9/h4-7H,2-3,8H2,1H3,(H4,16,17,18,19). The van der Waals surface area contributed by atoms with E-state index >= 15 is 0 Å². The molecule has 4 N–H and O–H groups in total. The van der Waals surface area contributed by atoms with Gasteiger partial charge in [0, 0.05) is 17.0 Å². The number of benzene rings is 1. The summed E-state index contributed by atoms with van der Waals surface area (Å²) >= 11 is 5.88. The average Bonchev–Trinajstić information content (AvgIpc) is 2.36. The second-order valence-electron chi connectivity index (χ2n) is 4.45. The maximum Gasteiger partial charge on any atom is 0.222 e. The molecule has 2 aromatic rings. The van der Waals surface area contributed by atoms with Crippen LogP contribution in [0.15, 0.2) is 24.3 Å². The molecule has 0 atom stereocenters. The third-order valence-corrected chi connectivity index (χ3v) is 3.17. The normalized spacial score (nSPS) is 10.6. The van der Waals surface area contributed by atoms with Crippen LogP contribution in [0, 0.1) is 0 Å². The Morgan fingerprint density at radius 2 is 1.79 bits per heavy atom. The molecule has 0 saturated carbocycles. The summed E-state index contributed by atoms with van der Waals surface area (Å²) in [7, 11) is 0. The van der Waals surface area contributed by atoms with Gasteiger partial charge in [-0.25, -0.2) is 4.98 Å². The number of aryl methyl sites for hydroxylation is 1. The second-order valence-corrected chi connectivity index (χ2v) is 4.88. The molecule has 0 saturated heterocycles. The van der Waals surface area contributed by atoms with Gasteiger partial charge in [-0.15, -0.1) is 0 Å². The van der Waals surface area contributed by atoms with Gasteiger partial charge in [-0.2, -0.15) is 4.98 Å². The van der Waals surface area contributed by atoms with E-state index in [0.717, 1.165) is 34.7 Å². The van der Waals surface area contributed by atoms with E-state index in [0.29, 0.717) is 12.2 Å². The van der Waals surface area contributed by atoms with E-state index in [2.05, 4.69) is 16.9 Å². The van der Waals surface area contributed by atoms with Gasteiger partial charge in [-0.05, 0) is 24.1 Å². The summed E-state index contributed by atoms with van der Waals surface area (Å²) in [5.74, 6) is 0.701. The summed E-state index contributed by atoms with van der Waals surface area (Å²) in [5, 5.41) is 0.721. The van der Waals surface area contributed by atoms with Crippen LogP contribution in [0.3, 0.4) is 0 Å². The first-order chi connectivity index (χ1) is 9.10. The molecule has 0 spiro atoms. The minimum absolute atomic E-state index is 0.237. The number of hydrogen-bond acceptors (Lipinski definition) is 4. The van der Waals surface area contributed by atoms with E-state index in [1.807, 2.05) is 24.3 Å². The van der Waals surface area contributed by atoms with Gasteiger partial charge in [-0.3, -0.25) is 0 Å². The minimum atomic E-state index is 0.237. The maximum absolute atomic E-state index is 5.97. The van der Waals surface area contributed by atoms with Gasteiger partial charge in [0.2, 0.25) is 5.95 Å². The summed E-state index contributed by atoms with van der Waals surface area (Å²) in [4.78, 5) is 8.35. The zero-order chi connectivity index (χ0) is 13.8. The number of anilines is 2. The molecule has 0 fully saturated rings. The van der Waals surface area contributed by atoms with Gasteiger partial charge in [0.05, 0.1) is 5.69 Å². The van der Waals surface area contributed by atoms with E-state index in [4.69, 9.17) is 23.1 Å². The third kappa shape index (κ3) is 3.35. The lowest BCUT2D eigenvalue weighted by molar-refractivity contribution is 0.856. The van der Waals surface area contributed by atoms with Crippen LogP contribution in [0.2, 0.25) is 5.02 Å². The minimum Gasteiger partial charge on any atom is -0.383 e. The smallest absolute Gasteiger partial charge is 0.222 e. The van der Waals surface area contributed by atoms with Crippen LogP contribution in [0.25, 0.3) is 0 Å². The molecule has 5 heteroatoms. The number of nitrogen functional groups attached to an aromatic ring is 2. The Morgan fingerprint density at radius 1 is 1.11 bits per heavy atom. The molecule has 0 aliphatic heterocycles. The van der Waals surface area contributed by atoms with Gasteiger partial charge < -0.3 is 11.5 Å². The van der Waals surface area contributed by atoms with Crippen molar-refractivity contribution in [3.63, 3.8) is 0 Å². The monoisotopic (exact) mass is 276 g/mol. The van der Waals surface area contributed by atoms with Crippen LogP contribution < -0.4 is 11.5 Å². The van der Waals surface area contributed by atoms with Crippen molar-refractivity contribution in [2.24, 2.45) is 0 Å². The van der Waals surface area contributed by atoms with Crippen molar-refractivity contribution in [1.82, 2.24) is 9.97 Å². The van der Waals surface area contributed by atoms with Crippen LogP contribution >= 0.6 is 11.6 Å². The molecule has 0 unspecified atom stereocenters. The highest BCUT2D eigenvalue weighted by Gasteiger charge is 2.11. The second kappa shape index (κ2) is 5.89. The first-order valence-electron chi connectivity index (χ1n) is 6.25. The highest BCUT2D eigenvalue weighted by molar-refractivity contribution is 6.30. The Kier molecular flexibility index (Phi) is 4.22. The van der Waals surface area contributed by atoms with Crippen molar-refractivity contribution in [3.05, 3.63) is 46.1 Å². The van der Waals surface area contributed by atoms with E-state index in [-0.39, 0.29) is 5.95 Å². The summed E-state index contributed by atoms with van der Waals surface area (Å²) in [6.45, 7) is 2.10. The Morgan fingerprint density at radius 3 is 2.42 bits per heavy atom. The van der Waals surface area contributed by atoms with Crippen molar-refractivity contribution in [3.8, 4) is 0 Å². The molecule has 1 heterocycles. The molecule has 1 aromatic carbocycles. The molecule has 0 radical (unpaired) electrons. The fourth-order valence-electron chi connectivity index (χ4n) is 2.01. The molecule has 19 heavy (non-hydrogen) atoms. The van der Waals surface area contributed by atoms with E-state index in [1.54, 1.807) is 0 Å². The predicted octanol–water partition coefficient (Wildman–Crippen LogP) is 2.84. The molecule has 0 amide bonds. The molecule has 100 valence electrons. The third-order valence-electron chi connectivity index (χ3n) is 2.92. The fraction of sp³-hybridized carbons (Fsp3) is 0.286. The number of aromatic nitrogens is 2. The van der Waals surface area contributed by atoms with Gasteiger partial charge in [-0.1, -0.05) is 37.1 Å². The van der Waals surface area contributed by atoms with Crippen LogP contribution in [0.4, 0.5) is 11.8 Å². The first-order valence-corrected chi connectivity index (χ1v) is 6.63. The number of nitrogens with two attached hydrogens (primary N) is 2. The molecule has 4 nitrogen and oxygen atoms in total. The Balaban J connectivity index is 2.35. The van der Waals surface area contributed by atoms with Gasteiger partial charge in [0.1, 0.15) is 5.82 Å². The molecular weight excluding hydrogens is 260 g/mol. The van der Waals surface area contributed by atoms with Gasteiger partial charge in [0.25, 0.3) is 0 Å². The molecule has 0 aliphatic rings. The average molecular weight is 277 g/mol. The van der Waals surface area contributed by atoms with Crippen LogP contribution in [-0.2, 0) is 12.8 Å². The Bertz CT molecular complexity index is 566. The van der Waals surface area contributed by atoms with Gasteiger partial charge >= 0.3 is 0 Å². The highest BCUT2D eigenvalue weighted by atomic mass is 35.5. The SMILES string of the molecule is CCCc1nc(N)nc(N)c1Cc1ccc(Cl)cc1. The lowest BCUT2D eigenvalue weighted by Gasteiger charge is -2.11. The Hall–Kier alpha value is -1.81. The van der Waals surface area contributed by atoms with Crippen LogP contribution in [0.1, 0.15) is 30.2 Å². The van der Waals surface area contributed by atoms with Crippen molar-refractivity contribution in [2.75, 3.05) is 11.5 Å². The molecule has 2 rings (SSSR count). The number of hydrogen-bond donors (Lipinski definition) is 2. The van der Waals surface area contributed by atoms with Crippen molar-refractivity contribution in [1.29, 1.82) is 0 Å². The quantitative estimate of drug-likeness (QED) is 0.900. The summed E-state index contributed by atoms with van der Waals surface area (Å²) < 4.78 is 0. The van der Waals surface area contributed by atoms with Crippen molar-refractivity contribution >= 4 is 23.4 Å². The van der Waals surface area contributed by atoms with E-state index in [1.165, 1.54) is 0 Å². The first kappa shape index (κ1) is 13.6. The lowest BCUT2D eigenvalue weighted by Crippen LogP contribution is -2.09. The molecule has 0 aliphatic carbocycles. The largest absolute Gasteiger partial charge is 0.383 e. The Labute approximate surface area is 117 Å². The fourth-order valence-corrected chi connectivity index (χ4v) is 2.14. The van der Waals surface area contributed by atoms with Gasteiger partial charge in [0.15, 0.2) is 0 Å². The zero-order valence-corrected chi connectivity index (χ0v) is 11.6. The van der Waals surface area contributed by atoms with Crippen molar-refractivity contribution < 1.29 is 0 Å². The topological polar surface area (TPSA) is 77.8 Å². The highest BCUT2D eigenvalue weighted by Crippen LogP contribution is 2.21. The maximum atomic E-state index is 5.97. The summed E-state index contributed by atoms with van der Waals surface area (Å²) in [5.41, 5.74) is 14.6. The van der Waals surface area contributed by atoms with Crippen molar-refractivity contribution in [2.45, 2.75) is 26.2 Å². The molecule has 1 aromatic heterocycles. The lowest BCUT2D eigenvalue weighted by atomic mass is 10.0. The zero-order valence-electron chi connectivity index (χ0n) is 10.9. The molecule has 0 bridgehead atoms. The summed E-state index contributed by atoms with van der Waals surface area (Å²) in [6.07, 6.45) is 2.53. The summed E-state index contributed by atoms with van der Waals surface area (Å²) in [6, 6.07) is 7.69. The van der Waals surface area contributed by atoms with E-state index in [9.17, 15) is 0 Å². The van der Waals surface area contributed by atoms with Crippen LogP contribution in [0.5, 0.6) is 0 Å². The van der Waals surface area contributed by atoms with Crippen LogP contribution in [-0.4, -0.2) is 9.97 Å². The predicted molar refractivity (Wildman–Crippen MR) is 79.1 cm³/mol. The number of rotatable bonds is 4. The number of halogens is 1. The van der Waals surface area contributed by atoms with E-state index < -0.39 is 0 Å². The number of nitrogens with zero attached hydrogens (tertiary/aromatic N) is 2.